The lowest BCUT2D eigenvalue weighted by molar-refractivity contribution is 0.0930. The number of ether oxygens (including phenoxy) is 1. The summed E-state index contributed by atoms with van der Waals surface area (Å²) in [5.41, 5.74) is 2.21. The molecule has 2 aromatic rings. The molecule has 172 valence electrons. The Labute approximate surface area is 188 Å². The minimum Gasteiger partial charge on any atom is -0.383 e. The molecule has 3 N–H and O–H groups in total. The highest BCUT2D eigenvalue weighted by Crippen LogP contribution is 2.33. The van der Waals surface area contributed by atoms with E-state index in [0.29, 0.717) is 29.7 Å². The van der Waals surface area contributed by atoms with Gasteiger partial charge < -0.3 is 20.7 Å². The van der Waals surface area contributed by atoms with Crippen LogP contribution in [0.4, 0.5) is 10.3 Å². The Morgan fingerprint density at radius 2 is 1.97 bits per heavy atom. The van der Waals surface area contributed by atoms with Crippen LogP contribution in [0.25, 0.3) is 11.3 Å². The predicted octanol–water partition coefficient (Wildman–Crippen LogP) is 3.26. The lowest BCUT2D eigenvalue weighted by atomic mass is 9.78. The van der Waals surface area contributed by atoms with Gasteiger partial charge in [0.1, 0.15) is 5.69 Å². The molecule has 1 fully saturated rings. The van der Waals surface area contributed by atoms with E-state index < -0.39 is 5.82 Å². The van der Waals surface area contributed by atoms with Crippen LogP contribution in [-0.4, -0.2) is 54.8 Å². The summed E-state index contributed by atoms with van der Waals surface area (Å²) in [5, 5.41) is 9.82. The SMILES string of the molecule is COCCN[C@H]1CC[C@H](Nc2ncc(F)c(-c3ccc4c(c3)C(C)(C)CNC4=O)n2)CC1. The van der Waals surface area contributed by atoms with Crippen LogP contribution >= 0.6 is 0 Å². The number of carbonyl (C=O) groups excluding carboxylic acids is 1. The van der Waals surface area contributed by atoms with Gasteiger partial charge in [-0.3, -0.25) is 4.79 Å². The van der Waals surface area contributed by atoms with E-state index in [0.717, 1.165) is 44.4 Å². The summed E-state index contributed by atoms with van der Waals surface area (Å²) in [7, 11) is 1.71. The number of nitrogens with zero attached hydrogens (tertiary/aromatic N) is 2. The monoisotopic (exact) mass is 441 g/mol. The molecule has 0 atom stereocenters. The van der Waals surface area contributed by atoms with Crippen molar-refractivity contribution >= 4 is 11.9 Å². The number of anilines is 1. The van der Waals surface area contributed by atoms with Crippen molar-refractivity contribution in [2.24, 2.45) is 0 Å². The molecule has 1 aromatic heterocycles. The van der Waals surface area contributed by atoms with Gasteiger partial charge in [-0.1, -0.05) is 19.9 Å². The van der Waals surface area contributed by atoms with Crippen molar-refractivity contribution in [3.05, 3.63) is 41.3 Å². The molecule has 1 amide bonds. The Kier molecular flexibility index (Phi) is 6.71. The lowest BCUT2D eigenvalue weighted by Crippen LogP contribution is -2.43. The van der Waals surface area contributed by atoms with E-state index in [9.17, 15) is 9.18 Å². The number of carbonyl (C=O) groups is 1. The molecule has 0 unspecified atom stereocenters. The van der Waals surface area contributed by atoms with Gasteiger partial charge in [0.15, 0.2) is 5.82 Å². The maximum atomic E-state index is 14.7. The Morgan fingerprint density at radius 3 is 2.72 bits per heavy atom. The first-order valence-electron chi connectivity index (χ1n) is 11.3. The third-order valence-corrected chi connectivity index (χ3v) is 6.50. The van der Waals surface area contributed by atoms with Crippen molar-refractivity contribution < 1.29 is 13.9 Å². The Balaban J connectivity index is 1.48. The number of amides is 1. The largest absolute Gasteiger partial charge is 0.383 e. The second-order valence-corrected chi connectivity index (χ2v) is 9.36. The fourth-order valence-corrected chi connectivity index (χ4v) is 4.57. The zero-order valence-electron chi connectivity index (χ0n) is 19.0. The molecule has 0 spiro atoms. The Hall–Kier alpha value is -2.58. The highest BCUT2D eigenvalue weighted by atomic mass is 19.1. The van der Waals surface area contributed by atoms with E-state index in [1.807, 2.05) is 6.07 Å². The third-order valence-electron chi connectivity index (χ3n) is 6.50. The van der Waals surface area contributed by atoms with Gasteiger partial charge in [0.2, 0.25) is 5.95 Å². The zero-order chi connectivity index (χ0) is 22.7. The molecule has 0 radical (unpaired) electrons. The number of benzene rings is 1. The summed E-state index contributed by atoms with van der Waals surface area (Å²) < 4.78 is 19.8. The van der Waals surface area contributed by atoms with Gasteiger partial charge in [0.05, 0.1) is 12.8 Å². The number of halogens is 1. The van der Waals surface area contributed by atoms with Gasteiger partial charge in [-0.2, -0.15) is 0 Å². The minimum atomic E-state index is -0.473. The normalized spacial score (nSPS) is 22.2. The molecule has 32 heavy (non-hydrogen) atoms. The first-order chi connectivity index (χ1) is 15.4. The maximum Gasteiger partial charge on any atom is 0.251 e. The molecule has 2 heterocycles. The standard InChI is InChI=1S/C24H32FN5O2/c1-24(2)14-28-22(31)18-9-4-15(12-19(18)24)21-20(25)13-27-23(30-21)29-17-7-5-16(6-8-17)26-10-11-32-3/h4,9,12-13,16-17,26H,5-8,10-11,14H2,1-3H3,(H,28,31)(H,27,29,30)/t16-,17-. The molecule has 1 saturated carbocycles. The average molecular weight is 442 g/mol. The summed E-state index contributed by atoms with van der Waals surface area (Å²) in [6, 6.07) is 6.17. The van der Waals surface area contributed by atoms with E-state index in [1.165, 1.54) is 6.20 Å². The first kappa shape index (κ1) is 22.6. The van der Waals surface area contributed by atoms with Gasteiger partial charge in [-0.05, 0) is 43.4 Å². The molecule has 0 saturated heterocycles. The molecule has 7 nitrogen and oxygen atoms in total. The van der Waals surface area contributed by atoms with Gasteiger partial charge in [0.25, 0.3) is 5.91 Å². The molecule has 1 aromatic carbocycles. The number of hydrogen-bond donors (Lipinski definition) is 3. The molecule has 1 aliphatic heterocycles. The van der Waals surface area contributed by atoms with Crippen molar-refractivity contribution in [1.29, 1.82) is 0 Å². The maximum absolute atomic E-state index is 14.7. The van der Waals surface area contributed by atoms with Crippen LogP contribution in [-0.2, 0) is 10.2 Å². The van der Waals surface area contributed by atoms with Crippen molar-refractivity contribution in [3.63, 3.8) is 0 Å². The van der Waals surface area contributed by atoms with E-state index in [-0.39, 0.29) is 23.1 Å². The lowest BCUT2D eigenvalue weighted by Gasteiger charge is -2.32. The molecule has 0 bridgehead atoms. The number of methoxy groups -OCH3 is 1. The van der Waals surface area contributed by atoms with E-state index >= 15 is 0 Å². The molecule has 2 aliphatic rings. The second kappa shape index (κ2) is 9.50. The van der Waals surface area contributed by atoms with Crippen LogP contribution in [0.2, 0.25) is 0 Å². The third kappa shape index (κ3) is 4.91. The van der Waals surface area contributed by atoms with Gasteiger partial charge >= 0.3 is 0 Å². The Morgan fingerprint density at radius 1 is 1.22 bits per heavy atom. The van der Waals surface area contributed by atoms with Crippen molar-refractivity contribution in [2.75, 3.05) is 32.1 Å². The summed E-state index contributed by atoms with van der Waals surface area (Å²) in [5.74, 6) is -0.129. The fraction of sp³-hybridized carbons (Fsp3) is 0.542. The summed E-state index contributed by atoms with van der Waals surface area (Å²) in [4.78, 5) is 20.9. The summed E-state index contributed by atoms with van der Waals surface area (Å²) in [6.45, 7) is 6.26. The number of aromatic nitrogens is 2. The smallest absolute Gasteiger partial charge is 0.251 e. The second-order valence-electron chi connectivity index (χ2n) is 9.36. The van der Waals surface area contributed by atoms with Crippen molar-refractivity contribution in [3.8, 4) is 11.3 Å². The number of nitrogens with one attached hydrogen (secondary N) is 3. The highest BCUT2D eigenvalue weighted by Gasteiger charge is 2.32. The number of fused-ring (bicyclic) bond motifs is 1. The van der Waals surface area contributed by atoms with Crippen LogP contribution in [0, 0.1) is 5.82 Å². The van der Waals surface area contributed by atoms with Gasteiger partial charge in [0, 0.05) is 48.8 Å². The van der Waals surface area contributed by atoms with E-state index in [1.54, 1.807) is 19.2 Å². The van der Waals surface area contributed by atoms with Crippen LogP contribution < -0.4 is 16.0 Å². The van der Waals surface area contributed by atoms with Crippen molar-refractivity contribution in [1.82, 2.24) is 20.6 Å². The summed E-state index contributed by atoms with van der Waals surface area (Å²) >= 11 is 0. The van der Waals surface area contributed by atoms with Crippen LogP contribution in [0.3, 0.4) is 0 Å². The van der Waals surface area contributed by atoms with Gasteiger partial charge in [-0.25, -0.2) is 14.4 Å². The summed E-state index contributed by atoms with van der Waals surface area (Å²) in [6.07, 6.45) is 5.36. The first-order valence-corrected chi connectivity index (χ1v) is 11.3. The number of hydrogen-bond acceptors (Lipinski definition) is 6. The molecular weight excluding hydrogens is 409 g/mol. The predicted molar refractivity (Wildman–Crippen MR) is 122 cm³/mol. The van der Waals surface area contributed by atoms with Crippen LogP contribution in [0.15, 0.2) is 24.4 Å². The molecular formula is C24H32FN5O2. The van der Waals surface area contributed by atoms with Crippen LogP contribution in [0.5, 0.6) is 0 Å². The van der Waals surface area contributed by atoms with E-state index in [2.05, 4.69) is 39.8 Å². The zero-order valence-corrected chi connectivity index (χ0v) is 19.0. The molecule has 8 heteroatoms. The number of rotatable bonds is 7. The minimum absolute atomic E-state index is 0.0938. The van der Waals surface area contributed by atoms with Crippen molar-refractivity contribution in [2.45, 2.75) is 57.0 Å². The van der Waals surface area contributed by atoms with E-state index in [4.69, 9.17) is 4.74 Å². The Bertz CT molecular complexity index is 973. The quantitative estimate of drug-likeness (QED) is 0.572. The van der Waals surface area contributed by atoms with Gasteiger partial charge in [-0.15, -0.1) is 0 Å². The van der Waals surface area contributed by atoms with Crippen LogP contribution in [0.1, 0.15) is 55.5 Å². The highest BCUT2D eigenvalue weighted by molar-refractivity contribution is 5.98. The molecule has 4 rings (SSSR count). The fourth-order valence-electron chi connectivity index (χ4n) is 4.57. The molecule has 1 aliphatic carbocycles. The topological polar surface area (TPSA) is 88.2 Å². The average Bonchev–Trinajstić information content (AvgIpc) is 2.79.